The molecule has 0 saturated carbocycles. The molecule has 0 spiro atoms. The van der Waals surface area contributed by atoms with Gasteiger partial charge in [0.05, 0.1) is 13.2 Å². The lowest BCUT2D eigenvalue weighted by Crippen LogP contribution is -2.48. The Labute approximate surface area is 165 Å². The van der Waals surface area contributed by atoms with Gasteiger partial charge in [-0.2, -0.15) is 0 Å². The molecular weight excluding hydrogens is 354 g/mol. The Morgan fingerprint density at radius 2 is 1.68 bits per heavy atom. The second kappa shape index (κ2) is 8.20. The van der Waals surface area contributed by atoms with Gasteiger partial charge in [0, 0.05) is 13.1 Å². The van der Waals surface area contributed by atoms with Crippen LogP contribution in [0.4, 0.5) is 0 Å². The molecule has 2 aromatic carbocycles. The first-order valence-corrected chi connectivity index (χ1v) is 9.76. The number of nitrogens with zero attached hydrogens (tertiary/aromatic N) is 1. The Morgan fingerprint density at radius 3 is 2.36 bits per heavy atom. The number of hydrogen-bond donors (Lipinski definition) is 2. The lowest BCUT2D eigenvalue weighted by molar-refractivity contribution is -0.133. The number of nitrogens with one attached hydrogen (secondary N) is 2. The SMILES string of the molecule is COc1ccccc1OCC1CC(C(=O)N(C)C2Cc3ccccc3C2)NN1. The monoisotopic (exact) mass is 381 g/mol. The molecule has 28 heavy (non-hydrogen) atoms. The molecule has 2 aliphatic rings. The Balaban J connectivity index is 1.30. The first-order valence-electron chi connectivity index (χ1n) is 9.76. The molecule has 1 aliphatic carbocycles. The van der Waals surface area contributed by atoms with Crippen LogP contribution in [0.25, 0.3) is 0 Å². The van der Waals surface area contributed by atoms with Crippen LogP contribution in [0.1, 0.15) is 17.5 Å². The van der Waals surface area contributed by atoms with Crippen molar-refractivity contribution < 1.29 is 14.3 Å². The van der Waals surface area contributed by atoms with E-state index in [1.807, 2.05) is 36.2 Å². The first-order chi connectivity index (χ1) is 13.7. The maximum Gasteiger partial charge on any atom is 0.241 e. The molecule has 0 bridgehead atoms. The van der Waals surface area contributed by atoms with E-state index in [1.54, 1.807) is 7.11 Å². The van der Waals surface area contributed by atoms with Crippen molar-refractivity contribution in [1.82, 2.24) is 15.8 Å². The van der Waals surface area contributed by atoms with Gasteiger partial charge in [-0.3, -0.25) is 10.2 Å². The van der Waals surface area contributed by atoms with Crippen LogP contribution in [0.15, 0.2) is 48.5 Å². The average molecular weight is 381 g/mol. The molecule has 1 amide bonds. The Bertz CT molecular complexity index is 816. The zero-order chi connectivity index (χ0) is 19.5. The number of methoxy groups -OCH3 is 1. The molecule has 6 nitrogen and oxygen atoms in total. The van der Waals surface area contributed by atoms with E-state index in [9.17, 15) is 4.79 Å². The number of benzene rings is 2. The minimum atomic E-state index is -0.236. The molecule has 1 aliphatic heterocycles. The number of hydrogen-bond acceptors (Lipinski definition) is 5. The second-order valence-electron chi connectivity index (χ2n) is 7.52. The highest BCUT2D eigenvalue weighted by atomic mass is 16.5. The van der Waals surface area contributed by atoms with Crippen molar-refractivity contribution in [2.75, 3.05) is 20.8 Å². The number of amides is 1. The number of fused-ring (bicyclic) bond motifs is 1. The summed E-state index contributed by atoms with van der Waals surface area (Å²) in [6.45, 7) is 0.468. The summed E-state index contributed by atoms with van der Waals surface area (Å²) < 4.78 is 11.2. The predicted octanol–water partition coefficient (Wildman–Crippen LogP) is 1.93. The number of rotatable bonds is 6. The topological polar surface area (TPSA) is 62.8 Å². The van der Waals surface area contributed by atoms with Gasteiger partial charge in [0.25, 0.3) is 0 Å². The molecule has 1 heterocycles. The third-order valence-corrected chi connectivity index (χ3v) is 5.71. The molecule has 6 heteroatoms. The lowest BCUT2D eigenvalue weighted by atomic mass is 10.1. The summed E-state index contributed by atoms with van der Waals surface area (Å²) in [4.78, 5) is 14.9. The molecule has 2 atom stereocenters. The standard InChI is InChI=1S/C22H27N3O3/c1-25(18-11-15-7-3-4-8-16(15)12-18)22(26)19-13-17(23-24-19)14-28-21-10-6-5-9-20(21)27-2/h3-10,17-19,23-24H,11-14H2,1-2H3. The highest BCUT2D eigenvalue weighted by molar-refractivity contribution is 5.82. The van der Waals surface area contributed by atoms with Crippen molar-refractivity contribution in [2.45, 2.75) is 37.4 Å². The molecule has 1 saturated heterocycles. The highest BCUT2D eigenvalue weighted by Crippen LogP contribution is 2.27. The van der Waals surface area contributed by atoms with Crippen LogP contribution in [-0.2, 0) is 17.6 Å². The molecule has 2 unspecified atom stereocenters. The van der Waals surface area contributed by atoms with Crippen molar-refractivity contribution in [3.8, 4) is 11.5 Å². The summed E-state index contributed by atoms with van der Waals surface area (Å²) in [7, 11) is 3.54. The van der Waals surface area contributed by atoms with E-state index >= 15 is 0 Å². The van der Waals surface area contributed by atoms with E-state index in [0.717, 1.165) is 12.8 Å². The van der Waals surface area contributed by atoms with Gasteiger partial charge in [0.2, 0.25) is 5.91 Å². The number of carbonyl (C=O) groups is 1. The number of likely N-dealkylation sites (N-methyl/N-ethyl adjacent to an activating group) is 1. The molecular formula is C22H27N3O3. The van der Waals surface area contributed by atoms with E-state index in [4.69, 9.17) is 9.47 Å². The van der Waals surface area contributed by atoms with Crippen LogP contribution < -0.4 is 20.3 Å². The van der Waals surface area contributed by atoms with Gasteiger partial charge in [-0.15, -0.1) is 0 Å². The van der Waals surface area contributed by atoms with Gasteiger partial charge in [-0.05, 0) is 42.5 Å². The largest absolute Gasteiger partial charge is 0.493 e. The summed E-state index contributed by atoms with van der Waals surface area (Å²) in [5, 5.41) is 0. The summed E-state index contributed by atoms with van der Waals surface area (Å²) >= 11 is 0. The normalized spacial score (nSPS) is 21.4. The highest BCUT2D eigenvalue weighted by Gasteiger charge is 2.35. The van der Waals surface area contributed by atoms with Gasteiger partial charge in [-0.25, -0.2) is 5.43 Å². The Hall–Kier alpha value is -2.57. The average Bonchev–Trinajstić information content (AvgIpc) is 3.38. The fourth-order valence-electron chi connectivity index (χ4n) is 4.06. The fourth-order valence-corrected chi connectivity index (χ4v) is 4.06. The van der Waals surface area contributed by atoms with Crippen molar-refractivity contribution in [3.63, 3.8) is 0 Å². The first kappa shape index (κ1) is 18.8. The number of ether oxygens (including phenoxy) is 2. The number of hydrazine groups is 1. The van der Waals surface area contributed by atoms with Crippen LogP contribution in [0.5, 0.6) is 11.5 Å². The minimum absolute atomic E-state index is 0.0630. The van der Waals surface area contributed by atoms with Crippen LogP contribution in [0.2, 0.25) is 0 Å². The summed E-state index contributed by atoms with van der Waals surface area (Å²) in [5.41, 5.74) is 9.05. The van der Waals surface area contributed by atoms with Gasteiger partial charge in [-0.1, -0.05) is 36.4 Å². The number of para-hydroxylation sites is 2. The van der Waals surface area contributed by atoms with E-state index in [1.165, 1.54) is 11.1 Å². The minimum Gasteiger partial charge on any atom is -0.493 e. The quantitative estimate of drug-likeness (QED) is 0.801. The summed E-state index contributed by atoms with van der Waals surface area (Å²) in [6, 6.07) is 16.1. The third-order valence-electron chi connectivity index (χ3n) is 5.71. The Kier molecular flexibility index (Phi) is 5.50. The molecule has 0 radical (unpaired) electrons. The summed E-state index contributed by atoms with van der Waals surface area (Å²) in [5.74, 6) is 1.55. The van der Waals surface area contributed by atoms with Crippen LogP contribution >= 0.6 is 0 Å². The van der Waals surface area contributed by atoms with E-state index < -0.39 is 0 Å². The van der Waals surface area contributed by atoms with Crippen molar-refractivity contribution in [3.05, 3.63) is 59.7 Å². The second-order valence-corrected chi connectivity index (χ2v) is 7.52. The summed E-state index contributed by atoms with van der Waals surface area (Å²) in [6.07, 6.45) is 2.55. The lowest BCUT2D eigenvalue weighted by Gasteiger charge is -2.27. The third kappa shape index (κ3) is 3.84. The van der Waals surface area contributed by atoms with Crippen LogP contribution in [-0.4, -0.2) is 49.7 Å². The maximum atomic E-state index is 13.0. The molecule has 0 aromatic heterocycles. The van der Waals surface area contributed by atoms with Gasteiger partial charge >= 0.3 is 0 Å². The zero-order valence-electron chi connectivity index (χ0n) is 16.4. The predicted molar refractivity (Wildman–Crippen MR) is 107 cm³/mol. The van der Waals surface area contributed by atoms with Crippen molar-refractivity contribution >= 4 is 5.91 Å². The van der Waals surface area contributed by atoms with Gasteiger partial charge < -0.3 is 14.4 Å². The molecule has 1 fully saturated rings. The molecule has 2 aromatic rings. The van der Waals surface area contributed by atoms with Crippen molar-refractivity contribution in [2.24, 2.45) is 0 Å². The van der Waals surface area contributed by atoms with E-state index in [0.29, 0.717) is 24.5 Å². The van der Waals surface area contributed by atoms with Gasteiger partial charge in [0.15, 0.2) is 11.5 Å². The molecule has 2 N–H and O–H groups in total. The Morgan fingerprint density at radius 1 is 1.04 bits per heavy atom. The fraction of sp³-hybridized carbons (Fsp3) is 0.409. The van der Waals surface area contributed by atoms with Crippen molar-refractivity contribution in [1.29, 1.82) is 0 Å². The van der Waals surface area contributed by atoms with Crippen LogP contribution in [0.3, 0.4) is 0 Å². The van der Waals surface area contributed by atoms with E-state index in [2.05, 4.69) is 35.1 Å². The number of carbonyl (C=O) groups excluding carboxylic acids is 1. The van der Waals surface area contributed by atoms with Gasteiger partial charge in [0.1, 0.15) is 12.6 Å². The zero-order valence-corrected chi connectivity index (χ0v) is 16.4. The molecule has 4 rings (SSSR count). The molecule has 148 valence electrons. The smallest absolute Gasteiger partial charge is 0.241 e. The maximum absolute atomic E-state index is 13.0. The van der Waals surface area contributed by atoms with Crippen LogP contribution in [0, 0.1) is 0 Å². The van der Waals surface area contributed by atoms with E-state index in [-0.39, 0.29) is 24.0 Å².